The van der Waals surface area contributed by atoms with Gasteiger partial charge in [0.2, 0.25) is 0 Å². The molecule has 0 fully saturated rings. The summed E-state index contributed by atoms with van der Waals surface area (Å²) >= 11 is 0. The molecule has 0 unspecified atom stereocenters. The lowest BCUT2D eigenvalue weighted by Crippen LogP contribution is -2.39. The summed E-state index contributed by atoms with van der Waals surface area (Å²) in [6.07, 6.45) is 5.15. The molecule has 21 heavy (non-hydrogen) atoms. The summed E-state index contributed by atoms with van der Waals surface area (Å²) in [4.78, 5) is 4.15. The molecule has 5 heteroatoms. The fourth-order valence-corrected chi connectivity index (χ4v) is 1.67. The molecule has 2 N–H and O–H groups in total. The maximum absolute atomic E-state index is 5.63. The molecule has 0 radical (unpaired) electrons. The Labute approximate surface area is 127 Å². The normalized spacial score (nSPS) is 11.5. The molecular weight excluding hydrogens is 266 g/mol. The molecule has 0 aliphatic rings. The first kappa shape index (κ1) is 16.9. The van der Waals surface area contributed by atoms with Crippen LogP contribution in [0.25, 0.3) is 0 Å². The van der Waals surface area contributed by atoms with Crippen molar-refractivity contribution in [1.29, 1.82) is 0 Å². The van der Waals surface area contributed by atoms with E-state index in [0.717, 1.165) is 30.4 Å². The molecule has 0 amide bonds. The minimum absolute atomic E-state index is 0.571. The summed E-state index contributed by atoms with van der Waals surface area (Å²) in [5.74, 6) is 2.44. The number of allylic oxidation sites excluding steroid dienone is 1. The number of hydrogen-bond donors (Lipinski definition) is 2. The van der Waals surface area contributed by atoms with Crippen molar-refractivity contribution in [3.8, 4) is 11.5 Å². The predicted molar refractivity (Wildman–Crippen MR) is 87.3 cm³/mol. The summed E-state index contributed by atoms with van der Waals surface area (Å²) in [6.45, 7) is 4.14. The quantitative estimate of drug-likeness (QED) is 0.334. The Morgan fingerprint density at radius 3 is 2.43 bits per heavy atom. The fourth-order valence-electron chi connectivity index (χ4n) is 1.67. The third kappa shape index (κ3) is 7.25. The van der Waals surface area contributed by atoms with E-state index in [2.05, 4.69) is 21.7 Å². The molecule has 1 aromatic rings. The molecule has 0 saturated carbocycles. The second kappa shape index (κ2) is 10.6. The molecule has 0 saturated heterocycles. The van der Waals surface area contributed by atoms with Crippen molar-refractivity contribution in [1.82, 2.24) is 10.6 Å². The van der Waals surface area contributed by atoms with Gasteiger partial charge in [-0.05, 0) is 37.6 Å². The monoisotopic (exact) mass is 291 g/mol. The van der Waals surface area contributed by atoms with Gasteiger partial charge in [-0.25, -0.2) is 0 Å². The maximum atomic E-state index is 5.63. The van der Waals surface area contributed by atoms with E-state index in [1.54, 1.807) is 14.2 Å². The topological polar surface area (TPSA) is 54.9 Å². The van der Waals surface area contributed by atoms with Crippen LogP contribution in [0.4, 0.5) is 0 Å². The molecular formula is C16H25N3O2. The number of ether oxygens (including phenoxy) is 2. The smallest absolute Gasteiger partial charge is 0.191 e. The Morgan fingerprint density at radius 2 is 1.81 bits per heavy atom. The van der Waals surface area contributed by atoms with E-state index in [-0.39, 0.29) is 0 Å². The largest absolute Gasteiger partial charge is 0.497 e. The van der Waals surface area contributed by atoms with Gasteiger partial charge in [0, 0.05) is 13.6 Å². The van der Waals surface area contributed by atoms with Gasteiger partial charge < -0.3 is 20.1 Å². The minimum atomic E-state index is 0.571. The summed E-state index contributed by atoms with van der Waals surface area (Å²) in [6, 6.07) is 7.54. The molecule has 0 spiro atoms. The van der Waals surface area contributed by atoms with Gasteiger partial charge in [-0.1, -0.05) is 12.2 Å². The molecule has 116 valence electrons. The molecule has 0 bridgehead atoms. The van der Waals surface area contributed by atoms with Gasteiger partial charge in [-0.2, -0.15) is 0 Å². The molecule has 1 aromatic carbocycles. The maximum Gasteiger partial charge on any atom is 0.191 e. The van der Waals surface area contributed by atoms with Crippen LogP contribution in [0.3, 0.4) is 0 Å². The number of guanidine groups is 1. The van der Waals surface area contributed by atoms with Gasteiger partial charge >= 0.3 is 0 Å². The Hall–Kier alpha value is -2.17. The summed E-state index contributed by atoms with van der Waals surface area (Å²) in [5.41, 5.74) is 0. The third-order valence-electron chi connectivity index (χ3n) is 2.79. The van der Waals surface area contributed by atoms with E-state index in [1.165, 1.54) is 0 Å². The minimum Gasteiger partial charge on any atom is -0.497 e. The number of nitrogens with one attached hydrogen (secondary N) is 2. The van der Waals surface area contributed by atoms with E-state index in [4.69, 9.17) is 9.47 Å². The fraction of sp³-hybridized carbons (Fsp3) is 0.438. The van der Waals surface area contributed by atoms with Crippen LogP contribution in [-0.4, -0.2) is 39.8 Å². The predicted octanol–water partition coefficient (Wildman–Crippen LogP) is 2.21. The SMILES string of the molecule is CC=CCCNC(=NC)NCCOc1ccc(OC)cc1. The van der Waals surface area contributed by atoms with Crippen molar-refractivity contribution < 1.29 is 9.47 Å². The Bertz CT molecular complexity index is 441. The first-order chi connectivity index (χ1) is 10.3. The molecule has 5 nitrogen and oxygen atoms in total. The van der Waals surface area contributed by atoms with Crippen LogP contribution in [-0.2, 0) is 0 Å². The summed E-state index contributed by atoms with van der Waals surface area (Å²) in [7, 11) is 3.41. The number of benzene rings is 1. The molecule has 0 aliphatic carbocycles. The van der Waals surface area contributed by atoms with Gasteiger partial charge in [0.05, 0.1) is 13.7 Å². The van der Waals surface area contributed by atoms with Gasteiger partial charge in [-0.15, -0.1) is 0 Å². The van der Waals surface area contributed by atoms with Gasteiger partial charge in [-0.3, -0.25) is 4.99 Å². The Kier molecular flexibility index (Phi) is 8.52. The van der Waals surface area contributed by atoms with Crippen LogP contribution >= 0.6 is 0 Å². The van der Waals surface area contributed by atoms with Crippen LogP contribution in [0.5, 0.6) is 11.5 Å². The lowest BCUT2D eigenvalue weighted by Gasteiger charge is -2.12. The van der Waals surface area contributed by atoms with E-state index < -0.39 is 0 Å². The van der Waals surface area contributed by atoms with Crippen LogP contribution in [0.15, 0.2) is 41.4 Å². The van der Waals surface area contributed by atoms with E-state index in [1.807, 2.05) is 37.3 Å². The number of rotatable bonds is 8. The Balaban J connectivity index is 2.19. The first-order valence-corrected chi connectivity index (χ1v) is 7.12. The molecule has 1 rings (SSSR count). The number of nitrogens with zero attached hydrogens (tertiary/aromatic N) is 1. The van der Waals surface area contributed by atoms with E-state index in [0.29, 0.717) is 13.2 Å². The van der Waals surface area contributed by atoms with Crippen molar-refractivity contribution in [3.05, 3.63) is 36.4 Å². The highest BCUT2D eigenvalue weighted by Crippen LogP contribution is 2.16. The number of methoxy groups -OCH3 is 1. The summed E-state index contributed by atoms with van der Waals surface area (Å²) in [5, 5.41) is 6.44. The zero-order valence-electron chi connectivity index (χ0n) is 13.1. The lowest BCUT2D eigenvalue weighted by molar-refractivity contribution is 0.321. The first-order valence-electron chi connectivity index (χ1n) is 7.12. The number of hydrogen-bond acceptors (Lipinski definition) is 3. The van der Waals surface area contributed by atoms with Crippen molar-refractivity contribution in [3.63, 3.8) is 0 Å². The lowest BCUT2D eigenvalue weighted by atomic mass is 10.3. The highest BCUT2D eigenvalue weighted by molar-refractivity contribution is 5.79. The van der Waals surface area contributed by atoms with Crippen LogP contribution < -0.4 is 20.1 Å². The van der Waals surface area contributed by atoms with Crippen LogP contribution in [0.2, 0.25) is 0 Å². The van der Waals surface area contributed by atoms with E-state index in [9.17, 15) is 0 Å². The molecule has 0 heterocycles. The van der Waals surface area contributed by atoms with E-state index >= 15 is 0 Å². The number of aliphatic imine (C=N–C) groups is 1. The highest BCUT2D eigenvalue weighted by Gasteiger charge is 1.97. The molecule has 0 aromatic heterocycles. The second-order valence-electron chi connectivity index (χ2n) is 4.31. The summed E-state index contributed by atoms with van der Waals surface area (Å²) < 4.78 is 10.7. The van der Waals surface area contributed by atoms with Crippen molar-refractivity contribution in [2.24, 2.45) is 4.99 Å². The highest BCUT2D eigenvalue weighted by atomic mass is 16.5. The standard InChI is InChI=1S/C16H25N3O2/c1-4-5-6-11-18-16(17-2)19-12-13-21-15-9-7-14(20-3)8-10-15/h4-5,7-10H,6,11-13H2,1-3H3,(H2,17,18,19). The molecule has 0 atom stereocenters. The average Bonchev–Trinajstić information content (AvgIpc) is 2.54. The van der Waals surface area contributed by atoms with Crippen LogP contribution in [0, 0.1) is 0 Å². The van der Waals surface area contributed by atoms with Gasteiger partial charge in [0.15, 0.2) is 5.96 Å². The third-order valence-corrected chi connectivity index (χ3v) is 2.79. The van der Waals surface area contributed by atoms with Crippen LogP contribution in [0.1, 0.15) is 13.3 Å². The van der Waals surface area contributed by atoms with Gasteiger partial charge in [0.1, 0.15) is 18.1 Å². The van der Waals surface area contributed by atoms with Gasteiger partial charge in [0.25, 0.3) is 0 Å². The van der Waals surface area contributed by atoms with Crippen molar-refractivity contribution >= 4 is 5.96 Å². The van der Waals surface area contributed by atoms with Crippen molar-refractivity contribution in [2.45, 2.75) is 13.3 Å². The Morgan fingerprint density at radius 1 is 1.14 bits per heavy atom. The average molecular weight is 291 g/mol. The zero-order chi connectivity index (χ0) is 15.3. The van der Waals surface area contributed by atoms with Crippen molar-refractivity contribution in [2.75, 3.05) is 33.9 Å². The zero-order valence-corrected chi connectivity index (χ0v) is 13.1. The second-order valence-corrected chi connectivity index (χ2v) is 4.31. The molecule has 0 aliphatic heterocycles.